The van der Waals surface area contributed by atoms with Gasteiger partial charge in [0.15, 0.2) is 0 Å². The molecular weight excluding hydrogens is 420 g/mol. The zero-order chi connectivity index (χ0) is 22.5. The molecule has 0 aliphatic carbocycles. The minimum atomic E-state index is -0.0455. The van der Waals surface area contributed by atoms with E-state index in [1.54, 1.807) is 28.4 Å². The molecule has 1 aromatic heterocycles. The molecule has 1 fully saturated rings. The van der Waals surface area contributed by atoms with E-state index in [4.69, 9.17) is 4.98 Å². The third-order valence-electron chi connectivity index (χ3n) is 6.06. The second-order valence-corrected chi connectivity index (χ2v) is 9.24. The lowest BCUT2D eigenvalue weighted by Gasteiger charge is -2.30. The van der Waals surface area contributed by atoms with Crippen molar-refractivity contribution in [2.45, 2.75) is 32.6 Å². The Morgan fingerprint density at radius 3 is 2.56 bits per heavy atom. The maximum atomic E-state index is 12.6. The quantitative estimate of drug-likeness (QED) is 0.572. The molecule has 2 heterocycles. The summed E-state index contributed by atoms with van der Waals surface area (Å²) in [6.45, 7) is 7.39. The van der Waals surface area contributed by atoms with Gasteiger partial charge in [0.1, 0.15) is 0 Å². The average Bonchev–Trinajstić information content (AvgIpc) is 3.25. The SMILES string of the molecule is CCN(CC)C(=O)c1cccc(NC(=O)CN2CCC(c3nc4ccccc4s3)CC2)c1. The van der Waals surface area contributed by atoms with E-state index in [1.165, 1.54) is 9.71 Å². The topological polar surface area (TPSA) is 65.5 Å². The van der Waals surface area contributed by atoms with Crippen molar-refractivity contribution < 1.29 is 9.59 Å². The lowest BCUT2D eigenvalue weighted by molar-refractivity contribution is -0.117. The minimum Gasteiger partial charge on any atom is -0.339 e. The molecule has 0 radical (unpaired) electrons. The maximum Gasteiger partial charge on any atom is 0.253 e. The van der Waals surface area contributed by atoms with Gasteiger partial charge in [0.2, 0.25) is 5.91 Å². The lowest BCUT2D eigenvalue weighted by atomic mass is 9.97. The molecule has 0 spiro atoms. The number of benzene rings is 2. The van der Waals surface area contributed by atoms with Gasteiger partial charge >= 0.3 is 0 Å². The number of hydrogen-bond donors (Lipinski definition) is 1. The predicted molar refractivity (Wildman–Crippen MR) is 130 cm³/mol. The highest BCUT2D eigenvalue weighted by Gasteiger charge is 2.24. The van der Waals surface area contributed by atoms with Crippen LogP contribution in [0.5, 0.6) is 0 Å². The number of anilines is 1. The normalized spacial score (nSPS) is 15.1. The largest absolute Gasteiger partial charge is 0.339 e. The van der Waals surface area contributed by atoms with E-state index in [0.29, 0.717) is 36.8 Å². The van der Waals surface area contributed by atoms with Crippen molar-refractivity contribution in [3.8, 4) is 0 Å². The Labute approximate surface area is 193 Å². The summed E-state index contributed by atoms with van der Waals surface area (Å²) in [5, 5.41) is 4.17. The van der Waals surface area contributed by atoms with Crippen molar-refractivity contribution in [1.29, 1.82) is 0 Å². The minimum absolute atomic E-state index is 0.0111. The Morgan fingerprint density at radius 1 is 1.09 bits per heavy atom. The first-order valence-corrected chi connectivity index (χ1v) is 12.2. The number of nitrogens with one attached hydrogen (secondary N) is 1. The first kappa shape index (κ1) is 22.4. The van der Waals surface area contributed by atoms with Gasteiger partial charge in [0.05, 0.1) is 21.8 Å². The van der Waals surface area contributed by atoms with Crippen molar-refractivity contribution in [1.82, 2.24) is 14.8 Å². The molecule has 1 saturated heterocycles. The van der Waals surface area contributed by atoms with Gasteiger partial charge in [-0.2, -0.15) is 0 Å². The Morgan fingerprint density at radius 2 is 1.84 bits per heavy atom. The molecule has 7 heteroatoms. The maximum absolute atomic E-state index is 12.6. The summed E-state index contributed by atoms with van der Waals surface area (Å²) in [5.74, 6) is 0.411. The number of para-hydroxylation sites is 1. The molecule has 3 aromatic rings. The predicted octanol–water partition coefficient (Wildman–Crippen LogP) is 4.60. The molecule has 4 rings (SSSR count). The zero-order valence-electron chi connectivity index (χ0n) is 18.7. The summed E-state index contributed by atoms with van der Waals surface area (Å²) in [5.41, 5.74) is 2.34. The van der Waals surface area contributed by atoms with Crippen molar-refractivity contribution in [3.63, 3.8) is 0 Å². The van der Waals surface area contributed by atoms with Crippen molar-refractivity contribution >= 4 is 39.1 Å². The average molecular weight is 451 g/mol. The number of carbonyl (C=O) groups is 2. The van der Waals surface area contributed by atoms with Gasteiger partial charge in [-0.15, -0.1) is 11.3 Å². The summed E-state index contributed by atoms with van der Waals surface area (Å²) < 4.78 is 1.24. The van der Waals surface area contributed by atoms with Crippen LogP contribution in [0.15, 0.2) is 48.5 Å². The number of amides is 2. The number of nitrogens with zero attached hydrogens (tertiary/aromatic N) is 3. The molecule has 32 heavy (non-hydrogen) atoms. The Hall–Kier alpha value is -2.77. The van der Waals surface area contributed by atoms with Crippen LogP contribution in [0.4, 0.5) is 5.69 Å². The summed E-state index contributed by atoms with van der Waals surface area (Å²) in [6, 6.07) is 15.5. The second kappa shape index (κ2) is 10.2. The first-order valence-electron chi connectivity index (χ1n) is 11.3. The number of carbonyl (C=O) groups excluding carboxylic acids is 2. The van der Waals surface area contributed by atoms with E-state index >= 15 is 0 Å². The van der Waals surface area contributed by atoms with E-state index in [1.807, 2.05) is 32.0 Å². The van der Waals surface area contributed by atoms with Gasteiger partial charge in [-0.05, 0) is 70.1 Å². The number of likely N-dealkylation sites (tertiary alicyclic amines) is 1. The van der Waals surface area contributed by atoms with Crippen LogP contribution in [0.2, 0.25) is 0 Å². The third-order valence-corrected chi connectivity index (χ3v) is 7.26. The number of aromatic nitrogens is 1. The van der Waals surface area contributed by atoms with Gasteiger partial charge in [0.25, 0.3) is 5.91 Å². The Balaban J connectivity index is 1.30. The fourth-order valence-electron chi connectivity index (χ4n) is 4.23. The summed E-state index contributed by atoms with van der Waals surface area (Å²) in [7, 11) is 0. The van der Waals surface area contributed by atoms with Crippen LogP contribution in [-0.4, -0.2) is 59.3 Å². The van der Waals surface area contributed by atoms with Gasteiger partial charge in [-0.1, -0.05) is 18.2 Å². The molecule has 2 amide bonds. The molecular formula is C25H30N4O2S. The fourth-order valence-corrected chi connectivity index (χ4v) is 5.37. The number of thiazole rings is 1. The summed E-state index contributed by atoms with van der Waals surface area (Å²) in [4.78, 5) is 34.0. The standard InChI is InChI=1S/C25H30N4O2S/c1-3-29(4-2)25(31)19-8-7-9-20(16-19)26-23(30)17-28-14-12-18(13-15-28)24-27-21-10-5-6-11-22(21)32-24/h5-11,16,18H,3-4,12-15,17H2,1-2H3,(H,26,30). The molecule has 6 nitrogen and oxygen atoms in total. The molecule has 0 bridgehead atoms. The summed E-state index contributed by atoms with van der Waals surface area (Å²) in [6.07, 6.45) is 2.03. The Bertz CT molecular complexity index is 1050. The monoisotopic (exact) mass is 450 g/mol. The first-order chi connectivity index (χ1) is 15.6. The second-order valence-electron chi connectivity index (χ2n) is 8.18. The third kappa shape index (κ3) is 5.16. The molecule has 0 atom stereocenters. The van der Waals surface area contributed by atoms with Gasteiger partial charge < -0.3 is 10.2 Å². The van der Waals surface area contributed by atoms with Crippen LogP contribution in [0.25, 0.3) is 10.2 Å². The van der Waals surface area contributed by atoms with Crippen LogP contribution >= 0.6 is 11.3 Å². The number of rotatable bonds is 7. The van der Waals surface area contributed by atoms with E-state index < -0.39 is 0 Å². The fraction of sp³-hybridized carbons (Fsp3) is 0.400. The van der Waals surface area contributed by atoms with Crippen LogP contribution < -0.4 is 5.32 Å². The lowest BCUT2D eigenvalue weighted by Crippen LogP contribution is -2.38. The molecule has 0 saturated carbocycles. The van der Waals surface area contributed by atoms with E-state index in [0.717, 1.165) is 31.4 Å². The molecule has 2 aromatic carbocycles. The highest BCUT2D eigenvalue weighted by atomic mass is 32.1. The van der Waals surface area contributed by atoms with Crippen molar-refractivity contribution in [2.24, 2.45) is 0 Å². The smallest absolute Gasteiger partial charge is 0.253 e. The highest BCUT2D eigenvalue weighted by molar-refractivity contribution is 7.18. The van der Waals surface area contributed by atoms with Crippen LogP contribution in [0.1, 0.15) is 48.0 Å². The van der Waals surface area contributed by atoms with E-state index in [9.17, 15) is 9.59 Å². The van der Waals surface area contributed by atoms with Crippen LogP contribution in [0.3, 0.4) is 0 Å². The van der Waals surface area contributed by atoms with Gasteiger partial charge in [0, 0.05) is 30.3 Å². The number of piperidine rings is 1. The summed E-state index contributed by atoms with van der Waals surface area (Å²) >= 11 is 1.79. The van der Waals surface area contributed by atoms with Crippen molar-refractivity contribution in [2.75, 3.05) is 38.0 Å². The zero-order valence-corrected chi connectivity index (χ0v) is 19.5. The van der Waals surface area contributed by atoms with Crippen molar-refractivity contribution in [3.05, 3.63) is 59.1 Å². The Kier molecular flexibility index (Phi) is 7.17. The van der Waals surface area contributed by atoms with Gasteiger partial charge in [-0.25, -0.2) is 4.98 Å². The molecule has 1 aliphatic heterocycles. The van der Waals surface area contributed by atoms with E-state index in [2.05, 4.69) is 28.4 Å². The van der Waals surface area contributed by atoms with Crippen LogP contribution in [0, 0.1) is 0 Å². The molecule has 1 N–H and O–H groups in total. The molecule has 1 aliphatic rings. The van der Waals surface area contributed by atoms with Crippen LogP contribution in [-0.2, 0) is 4.79 Å². The number of fused-ring (bicyclic) bond motifs is 1. The number of hydrogen-bond acceptors (Lipinski definition) is 5. The molecule has 0 unspecified atom stereocenters. The highest BCUT2D eigenvalue weighted by Crippen LogP contribution is 2.33. The van der Waals surface area contributed by atoms with Gasteiger partial charge in [-0.3, -0.25) is 14.5 Å². The van der Waals surface area contributed by atoms with E-state index in [-0.39, 0.29) is 11.8 Å². The molecule has 168 valence electrons.